The van der Waals surface area contributed by atoms with E-state index < -0.39 is 0 Å². The number of nitrogens with zero attached hydrogens (tertiary/aromatic N) is 2. The molecule has 0 fully saturated rings. The minimum atomic E-state index is 0.751. The van der Waals surface area contributed by atoms with Crippen LogP contribution >= 0.6 is 23.4 Å². The van der Waals surface area contributed by atoms with Crippen LogP contribution in [0.25, 0.3) is 0 Å². The van der Waals surface area contributed by atoms with Crippen LogP contribution in [-0.4, -0.2) is 16.5 Å². The number of halogens is 1. The fraction of sp³-hybridized carbons (Fsp3) is 0.333. The van der Waals surface area contributed by atoms with Crippen molar-refractivity contribution in [3.05, 3.63) is 46.4 Å². The van der Waals surface area contributed by atoms with Gasteiger partial charge in [-0.15, -0.1) is 11.8 Å². The van der Waals surface area contributed by atoms with Crippen LogP contribution in [0.15, 0.2) is 29.2 Å². The van der Waals surface area contributed by atoms with Gasteiger partial charge in [-0.25, -0.2) is 9.97 Å². The Morgan fingerprint density at radius 2 is 1.85 bits per heavy atom. The lowest BCUT2D eigenvalue weighted by Gasteiger charge is -2.11. The molecule has 1 heterocycles. The second kappa shape index (κ2) is 6.95. The Labute approximate surface area is 129 Å². The van der Waals surface area contributed by atoms with Gasteiger partial charge >= 0.3 is 0 Å². The minimum absolute atomic E-state index is 0.751. The molecule has 5 heteroatoms. The van der Waals surface area contributed by atoms with Gasteiger partial charge in [-0.1, -0.05) is 11.6 Å². The molecular weight excluding hydrogens is 290 g/mol. The Balaban J connectivity index is 2.11. The molecule has 0 aliphatic rings. The van der Waals surface area contributed by atoms with E-state index in [1.54, 1.807) is 11.8 Å². The van der Waals surface area contributed by atoms with Crippen molar-refractivity contribution in [2.45, 2.75) is 31.4 Å². The summed E-state index contributed by atoms with van der Waals surface area (Å²) in [6, 6.07) is 7.82. The normalized spacial score (nSPS) is 10.6. The fourth-order valence-corrected chi connectivity index (χ4v) is 2.65. The molecule has 0 atom stereocenters. The van der Waals surface area contributed by atoms with Crippen molar-refractivity contribution < 1.29 is 0 Å². The first-order valence-corrected chi connectivity index (χ1v) is 7.93. The summed E-state index contributed by atoms with van der Waals surface area (Å²) in [6.45, 7) is 7.00. The van der Waals surface area contributed by atoms with Crippen LogP contribution in [0.1, 0.15) is 24.0 Å². The average molecular weight is 308 g/mol. The van der Waals surface area contributed by atoms with Gasteiger partial charge in [0.25, 0.3) is 0 Å². The largest absolute Gasteiger partial charge is 0.370 e. The van der Waals surface area contributed by atoms with E-state index in [1.807, 2.05) is 38.1 Å². The molecule has 0 aliphatic carbocycles. The third kappa shape index (κ3) is 3.87. The van der Waals surface area contributed by atoms with E-state index >= 15 is 0 Å². The Morgan fingerprint density at radius 1 is 1.15 bits per heavy atom. The Kier molecular flexibility index (Phi) is 5.26. The van der Waals surface area contributed by atoms with E-state index in [9.17, 15) is 0 Å². The molecule has 0 bridgehead atoms. The van der Waals surface area contributed by atoms with Gasteiger partial charge in [0.15, 0.2) is 0 Å². The van der Waals surface area contributed by atoms with Gasteiger partial charge in [-0.2, -0.15) is 0 Å². The first kappa shape index (κ1) is 15.1. The molecule has 1 aromatic carbocycles. The van der Waals surface area contributed by atoms with Crippen LogP contribution < -0.4 is 5.32 Å². The number of anilines is 1. The number of benzene rings is 1. The van der Waals surface area contributed by atoms with Crippen molar-refractivity contribution in [3.8, 4) is 0 Å². The smallest absolute Gasteiger partial charge is 0.141 e. The molecule has 106 valence electrons. The van der Waals surface area contributed by atoms with E-state index in [0.29, 0.717) is 0 Å². The highest BCUT2D eigenvalue weighted by Gasteiger charge is 2.07. The van der Waals surface area contributed by atoms with Gasteiger partial charge in [0.05, 0.1) is 5.75 Å². The quantitative estimate of drug-likeness (QED) is 0.827. The SMILES string of the molecule is CCNc1nc(CSc2ccc(Cl)cc2)nc(C)c1C. The summed E-state index contributed by atoms with van der Waals surface area (Å²) in [5.74, 6) is 2.54. The number of aromatic nitrogens is 2. The van der Waals surface area contributed by atoms with Crippen LogP contribution in [0.2, 0.25) is 5.02 Å². The molecule has 2 rings (SSSR count). The maximum absolute atomic E-state index is 5.88. The van der Waals surface area contributed by atoms with Crippen LogP contribution in [0.4, 0.5) is 5.82 Å². The molecule has 0 spiro atoms. The zero-order chi connectivity index (χ0) is 14.5. The molecule has 1 aromatic heterocycles. The lowest BCUT2D eigenvalue weighted by Crippen LogP contribution is -2.07. The maximum Gasteiger partial charge on any atom is 0.141 e. The highest BCUT2D eigenvalue weighted by molar-refractivity contribution is 7.98. The van der Waals surface area contributed by atoms with Gasteiger partial charge < -0.3 is 5.32 Å². The topological polar surface area (TPSA) is 37.8 Å². The molecule has 1 N–H and O–H groups in total. The number of hydrogen-bond donors (Lipinski definition) is 1. The number of thioether (sulfide) groups is 1. The van der Waals surface area contributed by atoms with Gasteiger partial charge in [0.1, 0.15) is 11.6 Å². The van der Waals surface area contributed by atoms with Crippen LogP contribution in [0.5, 0.6) is 0 Å². The summed E-state index contributed by atoms with van der Waals surface area (Å²) in [5, 5.41) is 4.04. The number of rotatable bonds is 5. The fourth-order valence-electron chi connectivity index (χ4n) is 1.77. The Morgan fingerprint density at radius 3 is 2.50 bits per heavy atom. The Bertz CT molecular complexity index is 584. The molecule has 0 amide bonds. The lowest BCUT2D eigenvalue weighted by atomic mass is 10.2. The summed E-state index contributed by atoms with van der Waals surface area (Å²) in [5.41, 5.74) is 2.15. The highest BCUT2D eigenvalue weighted by Crippen LogP contribution is 2.24. The number of nitrogens with one attached hydrogen (secondary N) is 1. The standard InChI is InChI=1S/C15H18ClN3S/c1-4-17-15-10(2)11(3)18-14(19-15)9-20-13-7-5-12(16)6-8-13/h5-8H,4,9H2,1-3H3,(H,17,18,19). The average Bonchev–Trinajstić information content (AvgIpc) is 2.44. The molecular formula is C15H18ClN3S. The lowest BCUT2D eigenvalue weighted by molar-refractivity contribution is 0.964. The van der Waals surface area contributed by atoms with Crippen molar-refractivity contribution in [2.24, 2.45) is 0 Å². The Hall–Kier alpha value is -1.26. The van der Waals surface area contributed by atoms with Crippen molar-refractivity contribution in [3.63, 3.8) is 0 Å². The molecule has 0 saturated carbocycles. The predicted molar refractivity (Wildman–Crippen MR) is 86.7 cm³/mol. The molecule has 20 heavy (non-hydrogen) atoms. The van der Waals surface area contributed by atoms with E-state index in [-0.39, 0.29) is 0 Å². The molecule has 0 radical (unpaired) electrons. The highest BCUT2D eigenvalue weighted by atomic mass is 35.5. The maximum atomic E-state index is 5.88. The predicted octanol–water partition coefficient (Wildman–Crippen LogP) is 4.47. The molecule has 0 aliphatic heterocycles. The monoisotopic (exact) mass is 307 g/mol. The minimum Gasteiger partial charge on any atom is -0.370 e. The molecule has 0 saturated heterocycles. The molecule has 0 unspecified atom stereocenters. The first-order chi connectivity index (χ1) is 9.60. The second-order valence-electron chi connectivity index (χ2n) is 4.47. The van der Waals surface area contributed by atoms with Gasteiger partial charge in [0, 0.05) is 27.7 Å². The zero-order valence-corrected chi connectivity index (χ0v) is 13.5. The summed E-state index contributed by atoms with van der Waals surface area (Å²) < 4.78 is 0. The zero-order valence-electron chi connectivity index (χ0n) is 11.9. The van der Waals surface area contributed by atoms with Gasteiger partial charge in [0.2, 0.25) is 0 Å². The first-order valence-electron chi connectivity index (χ1n) is 6.56. The third-order valence-corrected chi connectivity index (χ3v) is 4.22. The van der Waals surface area contributed by atoms with Gasteiger partial charge in [-0.05, 0) is 45.0 Å². The summed E-state index contributed by atoms with van der Waals surface area (Å²) in [7, 11) is 0. The summed E-state index contributed by atoms with van der Waals surface area (Å²) >= 11 is 7.59. The van der Waals surface area contributed by atoms with E-state index in [4.69, 9.17) is 11.6 Å². The van der Waals surface area contributed by atoms with Gasteiger partial charge in [-0.3, -0.25) is 0 Å². The summed E-state index contributed by atoms with van der Waals surface area (Å²) in [4.78, 5) is 10.3. The second-order valence-corrected chi connectivity index (χ2v) is 5.96. The van der Waals surface area contributed by atoms with E-state index in [1.165, 1.54) is 4.90 Å². The number of hydrogen-bond acceptors (Lipinski definition) is 4. The molecule has 3 nitrogen and oxygen atoms in total. The van der Waals surface area contributed by atoms with E-state index in [0.717, 1.165) is 40.2 Å². The van der Waals surface area contributed by atoms with Crippen molar-refractivity contribution in [1.29, 1.82) is 0 Å². The third-order valence-electron chi connectivity index (χ3n) is 2.96. The van der Waals surface area contributed by atoms with Crippen molar-refractivity contribution in [1.82, 2.24) is 9.97 Å². The van der Waals surface area contributed by atoms with E-state index in [2.05, 4.69) is 22.2 Å². The van der Waals surface area contributed by atoms with Crippen molar-refractivity contribution in [2.75, 3.05) is 11.9 Å². The summed E-state index contributed by atoms with van der Waals surface area (Å²) in [6.07, 6.45) is 0. The molecule has 2 aromatic rings. The van der Waals surface area contributed by atoms with Crippen LogP contribution in [-0.2, 0) is 5.75 Å². The van der Waals surface area contributed by atoms with Crippen molar-refractivity contribution >= 4 is 29.2 Å². The van der Waals surface area contributed by atoms with Crippen LogP contribution in [0.3, 0.4) is 0 Å². The van der Waals surface area contributed by atoms with Crippen LogP contribution in [0, 0.1) is 13.8 Å². The number of aryl methyl sites for hydroxylation is 1.